The molecule has 8 nitrogen and oxygen atoms in total. The van der Waals surface area contributed by atoms with E-state index >= 15 is 0 Å². The third-order valence-electron chi connectivity index (χ3n) is 7.83. The average Bonchev–Trinajstić information content (AvgIpc) is 3.40. The predicted octanol–water partition coefficient (Wildman–Crippen LogP) is 4.13. The zero-order valence-corrected chi connectivity index (χ0v) is 23.9. The first-order valence-corrected chi connectivity index (χ1v) is 14.6. The number of nitrogens with two attached hydrogens (primary N) is 1. The molecule has 8 heteroatoms. The van der Waals surface area contributed by atoms with Crippen molar-refractivity contribution in [1.82, 2.24) is 4.57 Å². The SMILES string of the molecule is NC(CO)(CO)COC(=O)CCc1ccc2c(c1)c(CCc1ccccc1)cn2-c1ccc(OC2CCOCC2)cc1. The van der Waals surface area contributed by atoms with Crippen LogP contribution in [0.2, 0.25) is 0 Å². The lowest BCUT2D eigenvalue weighted by molar-refractivity contribution is -0.146. The van der Waals surface area contributed by atoms with Crippen molar-refractivity contribution >= 4 is 16.9 Å². The number of benzene rings is 3. The highest BCUT2D eigenvalue weighted by Gasteiger charge is 2.25. The van der Waals surface area contributed by atoms with E-state index in [4.69, 9.17) is 19.9 Å². The van der Waals surface area contributed by atoms with Gasteiger partial charge in [0.25, 0.3) is 0 Å². The number of hydrogen-bond donors (Lipinski definition) is 3. The number of hydrogen-bond acceptors (Lipinski definition) is 7. The van der Waals surface area contributed by atoms with E-state index in [1.54, 1.807) is 0 Å². The lowest BCUT2D eigenvalue weighted by Crippen LogP contribution is -2.51. The molecule has 1 fully saturated rings. The maximum Gasteiger partial charge on any atom is 0.306 e. The Hall–Kier alpha value is -3.69. The Kier molecular flexibility index (Phi) is 9.92. The van der Waals surface area contributed by atoms with Crippen molar-refractivity contribution in [2.75, 3.05) is 33.0 Å². The maximum atomic E-state index is 12.4. The van der Waals surface area contributed by atoms with Gasteiger partial charge in [-0.15, -0.1) is 0 Å². The molecule has 0 amide bonds. The van der Waals surface area contributed by atoms with Crippen LogP contribution in [0.3, 0.4) is 0 Å². The number of rotatable bonds is 13. The third kappa shape index (κ3) is 7.57. The van der Waals surface area contributed by atoms with Gasteiger partial charge in [-0.25, -0.2) is 0 Å². The fraction of sp³-hybridized carbons (Fsp3) is 0.382. The number of fused-ring (bicyclic) bond motifs is 1. The minimum atomic E-state index is -1.33. The molecule has 0 spiro atoms. The van der Waals surface area contributed by atoms with Crippen molar-refractivity contribution in [3.63, 3.8) is 0 Å². The van der Waals surface area contributed by atoms with Gasteiger partial charge in [0, 0.05) is 36.5 Å². The smallest absolute Gasteiger partial charge is 0.306 e. The summed E-state index contributed by atoms with van der Waals surface area (Å²) in [6, 6.07) is 25.0. The van der Waals surface area contributed by atoms with Crippen LogP contribution in [0, 0.1) is 0 Å². The fourth-order valence-corrected chi connectivity index (χ4v) is 5.19. The van der Waals surface area contributed by atoms with Gasteiger partial charge in [0.15, 0.2) is 0 Å². The van der Waals surface area contributed by atoms with Crippen LogP contribution in [-0.2, 0) is 33.5 Å². The van der Waals surface area contributed by atoms with Crippen LogP contribution in [-0.4, -0.2) is 65.4 Å². The van der Waals surface area contributed by atoms with Crippen molar-refractivity contribution in [2.24, 2.45) is 5.73 Å². The van der Waals surface area contributed by atoms with E-state index in [1.807, 2.05) is 24.3 Å². The minimum absolute atomic E-state index is 0.174. The topological polar surface area (TPSA) is 116 Å². The summed E-state index contributed by atoms with van der Waals surface area (Å²) in [6.45, 7) is 0.316. The number of aryl methyl sites for hydroxylation is 3. The molecule has 3 aromatic carbocycles. The number of aliphatic hydroxyl groups is 2. The molecule has 4 N–H and O–H groups in total. The van der Waals surface area contributed by atoms with Crippen LogP contribution in [0.15, 0.2) is 79.0 Å². The molecule has 222 valence electrons. The molecular formula is C34H40N2O6. The van der Waals surface area contributed by atoms with Gasteiger partial charge in [-0.05, 0) is 72.4 Å². The molecule has 2 heterocycles. The number of esters is 1. The monoisotopic (exact) mass is 572 g/mol. The van der Waals surface area contributed by atoms with Gasteiger partial charge in [0.1, 0.15) is 18.5 Å². The van der Waals surface area contributed by atoms with E-state index < -0.39 is 24.7 Å². The summed E-state index contributed by atoms with van der Waals surface area (Å²) >= 11 is 0. The Morgan fingerprint density at radius 1 is 0.929 bits per heavy atom. The molecule has 1 aliphatic rings. The summed E-state index contributed by atoms with van der Waals surface area (Å²) < 4.78 is 19.1. The Morgan fingerprint density at radius 2 is 1.67 bits per heavy atom. The molecular weight excluding hydrogens is 532 g/mol. The Balaban J connectivity index is 1.34. The van der Waals surface area contributed by atoms with Crippen molar-refractivity contribution in [3.8, 4) is 11.4 Å². The summed E-state index contributed by atoms with van der Waals surface area (Å²) in [7, 11) is 0. The lowest BCUT2D eigenvalue weighted by Gasteiger charge is -2.23. The molecule has 1 aliphatic heterocycles. The molecule has 0 bridgehead atoms. The average molecular weight is 573 g/mol. The summed E-state index contributed by atoms with van der Waals surface area (Å²) in [6.07, 6.45) is 6.71. The zero-order chi connectivity index (χ0) is 29.4. The normalized spacial score (nSPS) is 14.3. The molecule has 1 aromatic heterocycles. The molecule has 4 aromatic rings. The molecule has 0 atom stereocenters. The van der Waals surface area contributed by atoms with Gasteiger partial charge in [0.05, 0.1) is 37.5 Å². The largest absolute Gasteiger partial charge is 0.490 e. The van der Waals surface area contributed by atoms with E-state index in [0.717, 1.165) is 66.8 Å². The van der Waals surface area contributed by atoms with Gasteiger partial charge in [0.2, 0.25) is 0 Å². The Morgan fingerprint density at radius 3 is 2.38 bits per heavy atom. The van der Waals surface area contributed by atoms with E-state index in [9.17, 15) is 15.0 Å². The van der Waals surface area contributed by atoms with E-state index in [2.05, 4.69) is 59.3 Å². The van der Waals surface area contributed by atoms with Gasteiger partial charge in [-0.3, -0.25) is 4.79 Å². The molecule has 42 heavy (non-hydrogen) atoms. The Labute approximate surface area is 246 Å². The van der Waals surface area contributed by atoms with Gasteiger partial charge in [-0.1, -0.05) is 36.4 Å². The number of aliphatic hydroxyl groups excluding tert-OH is 2. The Bertz CT molecular complexity index is 1440. The van der Waals surface area contributed by atoms with Crippen LogP contribution in [0.5, 0.6) is 5.75 Å². The van der Waals surface area contributed by atoms with E-state index in [0.29, 0.717) is 6.42 Å². The molecule has 1 saturated heterocycles. The molecule has 0 aliphatic carbocycles. The van der Waals surface area contributed by atoms with Crippen LogP contribution in [0.4, 0.5) is 0 Å². The standard InChI is InChI=1S/C34H40N2O6/c35-34(22-37,23-38)24-41-33(39)15-8-26-7-14-32-31(20-26)27(9-6-25-4-2-1-3-5-25)21-36(32)28-10-12-29(13-11-28)42-30-16-18-40-19-17-30/h1-5,7,10-14,20-21,30,37-38H,6,8-9,15-19,22-24,35H2. The second kappa shape index (κ2) is 14.0. The summed E-state index contributed by atoms with van der Waals surface area (Å²) in [4.78, 5) is 12.4. The van der Waals surface area contributed by atoms with Gasteiger partial charge in [-0.2, -0.15) is 0 Å². The second-order valence-electron chi connectivity index (χ2n) is 11.1. The number of ether oxygens (including phenoxy) is 3. The highest BCUT2D eigenvalue weighted by atomic mass is 16.5. The first kappa shape index (κ1) is 29.8. The van der Waals surface area contributed by atoms with Gasteiger partial charge >= 0.3 is 5.97 Å². The molecule has 0 unspecified atom stereocenters. The fourth-order valence-electron chi connectivity index (χ4n) is 5.19. The number of carbonyl (C=O) groups is 1. The van der Waals surface area contributed by atoms with Crippen molar-refractivity contribution in [2.45, 2.75) is 50.2 Å². The zero-order valence-electron chi connectivity index (χ0n) is 23.9. The molecule has 5 rings (SSSR count). The maximum absolute atomic E-state index is 12.4. The van der Waals surface area contributed by atoms with Crippen molar-refractivity contribution in [1.29, 1.82) is 0 Å². The minimum Gasteiger partial charge on any atom is -0.490 e. The van der Waals surface area contributed by atoms with Crippen molar-refractivity contribution < 1.29 is 29.2 Å². The van der Waals surface area contributed by atoms with Crippen LogP contribution in [0.1, 0.15) is 36.0 Å². The number of carbonyl (C=O) groups excluding carboxylic acids is 1. The third-order valence-corrected chi connectivity index (χ3v) is 7.83. The second-order valence-corrected chi connectivity index (χ2v) is 11.1. The number of aromatic nitrogens is 1. The van der Waals surface area contributed by atoms with Crippen LogP contribution in [0.25, 0.3) is 16.6 Å². The van der Waals surface area contributed by atoms with Gasteiger partial charge < -0.3 is 34.7 Å². The molecule has 0 saturated carbocycles. The van der Waals surface area contributed by atoms with Crippen LogP contribution >= 0.6 is 0 Å². The summed E-state index contributed by atoms with van der Waals surface area (Å²) in [5.74, 6) is 0.446. The quantitative estimate of drug-likeness (QED) is 0.206. The molecule has 0 radical (unpaired) electrons. The highest BCUT2D eigenvalue weighted by molar-refractivity contribution is 5.86. The highest BCUT2D eigenvalue weighted by Crippen LogP contribution is 2.29. The van der Waals surface area contributed by atoms with E-state index in [1.165, 1.54) is 11.1 Å². The predicted molar refractivity (Wildman–Crippen MR) is 162 cm³/mol. The summed E-state index contributed by atoms with van der Waals surface area (Å²) in [5, 5.41) is 19.8. The van der Waals surface area contributed by atoms with E-state index in [-0.39, 0.29) is 19.1 Å². The first-order chi connectivity index (χ1) is 20.5. The van der Waals surface area contributed by atoms with Crippen molar-refractivity contribution in [3.05, 3.63) is 95.7 Å². The summed E-state index contributed by atoms with van der Waals surface area (Å²) in [5.41, 5.74) is 10.2. The first-order valence-electron chi connectivity index (χ1n) is 14.6. The lowest BCUT2D eigenvalue weighted by atomic mass is 10.0. The number of nitrogens with zero attached hydrogens (tertiary/aromatic N) is 1. The van der Waals surface area contributed by atoms with Crippen LogP contribution < -0.4 is 10.5 Å².